The summed E-state index contributed by atoms with van der Waals surface area (Å²) in [5.74, 6) is -0.289. The highest BCUT2D eigenvalue weighted by Gasteiger charge is 2.24. The molecule has 8 nitrogen and oxygen atoms in total. The van der Waals surface area contributed by atoms with E-state index in [4.69, 9.17) is 24.3 Å². The van der Waals surface area contributed by atoms with Gasteiger partial charge in [-0.2, -0.15) is 0 Å². The standard InChI is InChI=1S/C43H84NO7P/c1-3-5-7-9-11-13-15-17-19-21-22-24-26-28-30-32-34-36-43(45)49-40-42(41-51-52(46,47)50-39-37-44)48-38-35-33-31-29-27-25-23-20-18-16-14-12-10-8-6-4-2/h18,20,35,38,42H,3-17,19,21-34,36-37,39-41,44H2,1-2H3,(H,46,47)/t42-/m1/s1. The summed E-state index contributed by atoms with van der Waals surface area (Å²) in [6.45, 7) is 4.23. The van der Waals surface area contributed by atoms with Gasteiger partial charge in [-0.1, -0.05) is 174 Å². The van der Waals surface area contributed by atoms with Crippen molar-refractivity contribution in [3.8, 4) is 0 Å². The van der Waals surface area contributed by atoms with E-state index in [1.807, 2.05) is 6.08 Å². The highest BCUT2D eigenvalue weighted by Crippen LogP contribution is 2.43. The van der Waals surface area contributed by atoms with Crippen molar-refractivity contribution in [3.63, 3.8) is 0 Å². The van der Waals surface area contributed by atoms with Gasteiger partial charge in [0, 0.05) is 13.0 Å². The molecule has 52 heavy (non-hydrogen) atoms. The molecule has 0 aliphatic rings. The van der Waals surface area contributed by atoms with Crippen LogP contribution in [0.25, 0.3) is 0 Å². The van der Waals surface area contributed by atoms with Gasteiger partial charge in [0.1, 0.15) is 6.61 Å². The van der Waals surface area contributed by atoms with Crippen molar-refractivity contribution in [1.82, 2.24) is 0 Å². The summed E-state index contributed by atoms with van der Waals surface area (Å²) in [5, 5.41) is 0. The number of phosphoric acid groups is 1. The van der Waals surface area contributed by atoms with Crippen molar-refractivity contribution in [2.45, 2.75) is 219 Å². The summed E-state index contributed by atoms with van der Waals surface area (Å²) < 4.78 is 33.2. The lowest BCUT2D eigenvalue weighted by Gasteiger charge is -2.19. The lowest BCUT2D eigenvalue weighted by Crippen LogP contribution is -2.25. The van der Waals surface area contributed by atoms with Gasteiger partial charge in [0.2, 0.25) is 0 Å². The van der Waals surface area contributed by atoms with Crippen molar-refractivity contribution in [3.05, 3.63) is 24.5 Å². The number of ether oxygens (including phenoxy) is 2. The molecular weight excluding hydrogens is 673 g/mol. The molecule has 0 heterocycles. The normalized spacial score (nSPS) is 13.6. The Labute approximate surface area is 321 Å². The molecule has 0 saturated carbocycles. The molecule has 0 saturated heterocycles. The zero-order chi connectivity index (χ0) is 38.1. The van der Waals surface area contributed by atoms with Crippen LogP contribution in [0.4, 0.5) is 0 Å². The lowest BCUT2D eigenvalue weighted by atomic mass is 10.0. The third-order valence-corrected chi connectivity index (χ3v) is 10.4. The number of carbonyl (C=O) groups is 1. The van der Waals surface area contributed by atoms with E-state index >= 15 is 0 Å². The SMILES string of the molecule is CCCCCCCCC=CCCCCCCC=CO[C@H](COC(=O)CCCCCCCCCCCCCCCCCCC)COP(=O)(O)OCCN. The summed E-state index contributed by atoms with van der Waals surface area (Å²) in [6, 6.07) is 0. The second-order valence-corrected chi connectivity index (χ2v) is 16.1. The third-order valence-electron chi connectivity index (χ3n) is 9.46. The quantitative estimate of drug-likeness (QED) is 0.0208. The van der Waals surface area contributed by atoms with Crippen LogP contribution in [-0.2, 0) is 27.9 Å². The molecule has 308 valence electrons. The minimum atomic E-state index is -4.27. The Hall–Kier alpha value is -1.18. The number of esters is 1. The van der Waals surface area contributed by atoms with E-state index in [1.54, 1.807) is 6.26 Å². The fraction of sp³-hybridized carbons (Fsp3) is 0.884. The topological polar surface area (TPSA) is 117 Å². The summed E-state index contributed by atoms with van der Waals surface area (Å²) in [6.07, 6.45) is 45.8. The Bertz CT molecular complexity index is 853. The van der Waals surface area contributed by atoms with E-state index in [1.165, 1.54) is 148 Å². The van der Waals surface area contributed by atoms with Crippen LogP contribution in [0.3, 0.4) is 0 Å². The van der Waals surface area contributed by atoms with Gasteiger partial charge in [-0.3, -0.25) is 13.8 Å². The molecule has 1 unspecified atom stereocenters. The molecule has 0 fully saturated rings. The van der Waals surface area contributed by atoms with Gasteiger partial charge in [0.25, 0.3) is 0 Å². The average Bonchev–Trinajstić information content (AvgIpc) is 3.14. The smallest absolute Gasteiger partial charge is 0.472 e. The first-order valence-corrected chi connectivity index (χ1v) is 23.4. The maximum Gasteiger partial charge on any atom is 0.472 e. The zero-order valence-corrected chi connectivity index (χ0v) is 35.0. The van der Waals surface area contributed by atoms with Crippen LogP contribution in [0.2, 0.25) is 0 Å². The zero-order valence-electron chi connectivity index (χ0n) is 34.1. The Kier molecular flexibility index (Phi) is 40.1. The van der Waals surface area contributed by atoms with Crippen LogP contribution in [0, 0.1) is 0 Å². The van der Waals surface area contributed by atoms with Gasteiger partial charge in [0.15, 0.2) is 6.10 Å². The summed E-state index contributed by atoms with van der Waals surface area (Å²) in [4.78, 5) is 22.3. The van der Waals surface area contributed by atoms with Gasteiger partial charge in [0.05, 0.1) is 19.5 Å². The first kappa shape index (κ1) is 50.8. The highest BCUT2D eigenvalue weighted by atomic mass is 31.2. The van der Waals surface area contributed by atoms with E-state index < -0.39 is 13.9 Å². The maximum atomic E-state index is 12.4. The minimum absolute atomic E-state index is 0.0641. The Balaban J connectivity index is 4.05. The first-order valence-electron chi connectivity index (χ1n) is 21.9. The summed E-state index contributed by atoms with van der Waals surface area (Å²) in [7, 11) is -4.27. The molecule has 0 aromatic rings. The molecule has 0 aromatic heterocycles. The number of nitrogens with two attached hydrogens (primary N) is 1. The fourth-order valence-corrected chi connectivity index (χ4v) is 6.92. The molecule has 3 N–H and O–H groups in total. The molecule has 0 aliphatic carbocycles. The first-order chi connectivity index (χ1) is 25.4. The fourth-order valence-electron chi connectivity index (χ4n) is 6.15. The van der Waals surface area contributed by atoms with Crippen LogP contribution in [0.5, 0.6) is 0 Å². The van der Waals surface area contributed by atoms with E-state index in [0.717, 1.165) is 44.9 Å². The summed E-state index contributed by atoms with van der Waals surface area (Å²) >= 11 is 0. The van der Waals surface area contributed by atoms with E-state index in [9.17, 15) is 14.3 Å². The second-order valence-electron chi connectivity index (χ2n) is 14.6. The number of unbranched alkanes of at least 4 members (excludes halogenated alkanes) is 27. The van der Waals surface area contributed by atoms with Crippen molar-refractivity contribution < 1.29 is 32.8 Å². The largest absolute Gasteiger partial charge is 0.492 e. The minimum Gasteiger partial charge on any atom is -0.492 e. The number of rotatable bonds is 42. The number of allylic oxidation sites excluding steroid dienone is 3. The molecular formula is C43H84NO7P. The number of carbonyl (C=O) groups excluding carboxylic acids is 1. The van der Waals surface area contributed by atoms with Crippen LogP contribution in [0.1, 0.15) is 213 Å². The molecule has 0 rings (SSSR count). The molecule has 2 atom stereocenters. The van der Waals surface area contributed by atoms with Crippen molar-refractivity contribution in [2.75, 3.05) is 26.4 Å². The molecule has 0 spiro atoms. The number of hydrogen-bond donors (Lipinski definition) is 2. The molecule has 0 aliphatic heterocycles. The van der Waals surface area contributed by atoms with E-state index in [2.05, 4.69) is 26.0 Å². The van der Waals surface area contributed by atoms with Crippen molar-refractivity contribution in [2.24, 2.45) is 5.73 Å². The Morgan fingerprint density at radius 1 is 0.577 bits per heavy atom. The van der Waals surface area contributed by atoms with Crippen LogP contribution >= 0.6 is 7.82 Å². The van der Waals surface area contributed by atoms with Gasteiger partial charge in [-0.25, -0.2) is 4.57 Å². The molecule has 9 heteroatoms. The predicted octanol–water partition coefficient (Wildman–Crippen LogP) is 13.2. The van der Waals surface area contributed by atoms with Gasteiger partial charge in [-0.05, 0) is 51.0 Å². The number of hydrogen-bond acceptors (Lipinski definition) is 7. The van der Waals surface area contributed by atoms with Crippen LogP contribution < -0.4 is 5.73 Å². The number of phosphoric ester groups is 1. The molecule has 0 aromatic carbocycles. The van der Waals surface area contributed by atoms with Crippen molar-refractivity contribution in [1.29, 1.82) is 0 Å². The van der Waals surface area contributed by atoms with E-state index in [-0.39, 0.29) is 32.3 Å². The maximum absolute atomic E-state index is 12.4. The van der Waals surface area contributed by atoms with E-state index in [0.29, 0.717) is 6.42 Å². The lowest BCUT2D eigenvalue weighted by molar-refractivity contribution is -0.147. The Morgan fingerprint density at radius 2 is 0.981 bits per heavy atom. The monoisotopic (exact) mass is 758 g/mol. The molecule has 0 amide bonds. The third kappa shape index (κ3) is 40.0. The molecule has 0 bridgehead atoms. The summed E-state index contributed by atoms with van der Waals surface area (Å²) in [5.41, 5.74) is 5.36. The average molecular weight is 758 g/mol. The van der Waals surface area contributed by atoms with Gasteiger partial charge < -0.3 is 20.1 Å². The highest BCUT2D eigenvalue weighted by molar-refractivity contribution is 7.47. The van der Waals surface area contributed by atoms with Gasteiger partial charge in [-0.15, -0.1) is 0 Å². The molecule has 0 radical (unpaired) electrons. The second kappa shape index (κ2) is 41.0. The van der Waals surface area contributed by atoms with Crippen LogP contribution in [0.15, 0.2) is 24.5 Å². The van der Waals surface area contributed by atoms with Gasteiger partial charge >= 0.3 is 13.8 Å². The van der Waals surface area contributed by atoms with Crippen LogP contribution in [-0.4, -0.2) is 43.3 Å². The predicted molar refractivity (Wildman–Crippen MR) is 219 cm³/mol. The van der Waals surface area contributed by atoms with Crippen molar-refractivity contribution >= 4 is 13.8 Å². The Morgan fingerprint density at radius 3 is 1.42 bits per heavy atom.